The van der Waals surface area contributed by atoms with E-state index in [4.69, 9.17) is 9.47 Å². The lowest BCUT2D eigenvalue weighted by molar-refractivity contribution is 0.146. The van der Waals surface area contributed by atoms with E-state index in [1.165, 1.54) is 0 Å². The Labute approximate surface area is 116 Å². The molecule has 0 unspecified atom stereocenters. The fourth-order valence-corrected chi connectivity index (χ4v) is 2.03. The highest BCUT2D eigenvalue weighted by Gasteiger charge is 2.10. The molecule has 2 aromatic heterocycles. The van der Waals surface area contributed by atoms with Crippen molar-refractivity contribution >= 4 is 5.65 Å². The normalized spacial score (nSPS) is 10.8. The van der Waals surface area contributed by atoms with Crippen molar-refractivity contribution in [2.24, 2.45) is 0 Å². The van der Waals surface area contributed by atoms with Gasteiger partial charge in [0.05, 0.1) is 24.7 Å². The minimum Gasteiger partial charge on any atom is -0.487 e. The van der Waals surface area contributed by atoms with Gasteiger partial charge in [-0.15, -0.1) is 0 Å². The maximum Gasteiger partial charge on any atom is 0.196 e. The van der Waals surface area contributed by atoms with Crippen molar-refractivity contribution in [3.8, 4) is 17.0 Å². The Morgan fingerprint density at radius 3 is 2.75 bits per heavy atom. The summed E-state index contributed by atoms with van der Waals surface area (Å²) >= 11 is 0. The fraction of sp³-hybridized carbons (Fsp3) is 0.200. The van der Waals surface area contributed by atoms with Crippen molar-refractivity contribution < 1.29 is 9.47 Å². The van der Waals surface area contributed by atoms with Crippen molar-refractivity contribution in [1.82, 2.24) is 14.6 Å². The van der Waals surface area contributed by atoms with Crippen LogP contribution < -0.4 is 4.74 Å². The van der Waals surface area contributed by atoms with Crippen molar-refractivity contribution in [3.05, 3.63) is 48.8 Å². The van der Waals surface area contributed by atoms with Crippen LogP contribution in [0.15, 0.2) is 48.8 Å². The molecular weight excluding hydrogens is 254 g/mol. The number of aromatic nitrogens is 3. The topological polar surface area (TPSA) is 48.7 Å². The number of rotatable bonds is 5. The molecule has 0 aliphatic heterocycles. The van der Waals surface area contributed by atoms with E-state index in [-0.39, 0.29) is 0 Å². The van der Waals surface area contributed by atoms with Crippen LogP contribution in [0.5, 0.6) is 5.75 Å². The summed E-state index contributed by atoms with van der Waals surface area (Å²) in [5.74, 6) is 0.708. The zero-order valence-corrected chi connectivity index (χ0v) is 11.2. The maximum absolute atomic E-state index is 5.66. The van der Waals surface area contributed by atoms with Gasteiger partial charge in [-0.25, -0.2) is 9.50 Å². The van der Waals surface area contributed by atoms with Gasteiger partial charge in [-0.3, -0.25) is 0 Å². The lowest BCUT2D eigenvalue weighted by atomic mass is 10.2. The van der Waals surface area contributed by atoms with E-state index in [9.17, 15) is 0 Å². The molecule has 0 aliphatic rings. The van der Waals surface area contributed by atoms with E-state index in [0.29, 0.717) is 24.6 Å². The van der Waals surface area contributed by atoms with Gasteiger partial charge in [0.25, 0.3) is 0 Å². The second-order valence-corrected chi connectivity index (χ2v) is 4.28. The minimum absolute atomic E-state index is 0.490. The molecule has 0 aliphatic carbocycles. The fourth-order valence-electron chi connectivity index (χ4n) is 2.03. The number of imidazole rings is 1. The first-order valence-electron chi connectivity index (χ1n) is 6.40. The molecule has 5 heteroatoms. The molecule has 1 aromatic carbocycles. The Kier molecular flexibility index (Phi) is 3.60. The molecular formula is C15H15N3O2. The van der Waals surface area contributed by atoms with E-state index in [2.05, 4.69) is 10.1 Å². The Morgan fingerprint density at radius 2 is 1.95 bits per heavy atom. The van der Waals surface area contributed by atoms with Crippen LogP contribution in [0.3, 0.4) is 0 Å². The van der Waals surface area contributed by atoms with Gasteiger partial charge in [0, 0.05) is 18.7 Å². The monoisotopic (exact) mass is 269 g/mol. The molecule has 5 nitrogen and oxygen atoms in total. The molecule has 0 spiro atoms. The Hall–Kier alpha value is -2.40. The standard InChI is InChI=1S/C15H15N3O2/c1-19-9-10-20-14-7-8-17-18-13(11-16-15(14)18)12-5-3-2-4-6-12/h2-8,11H,9-10H2,1H3. The van der Waals surface area contributed by atoms with Crippen LogP contribution >= 0.6 is 0 Å². The van der Waals surface area contributed by atoms with Gasteiger partial charge < -0.3 is 9.47 Å². The van der Waals surface area contributed by atoms with Crippen molar-refractivity contribution in [1.29, 1.82) is 0 Å². The van der Waals surface area contributed by atoms with Crippen LogP contribution in [-0.4, -0.2) is 34.9 Å². The van der Waals surface area contributed by atoms with Crippen LogP contribution in [0.4, 0.5) is 0 Å². The van der Waals surface area contributed by atoms with Gasteiger partial charge >= 0.3 is 0 Å². The Balaban J connectivity index is 1.99. The van der Waals surface area contributed by atoms with E-state index >= 15 is 0 Å². The summed E-state index contributed by atoms with van der Waals surface area (Å²) in [7, 11) is 1.65. The van der Waals surface area contributed by atoms with Crippen LogP contribution in [0.2, 0.25) is 0 Å². The molecule has 0 fully saturated rings. The number of nitrogens with zero attached hydrogens (tertiary/aromatic N) is 3. The van der Waals surface area contributed by atoms with Crippen LogP contribution in [0.25, 0.3) is 16.9 Å². The molecule has 0 radical (unpaired) electrons. The third kappa shape index (κ3) is 2.35. The zero-order valence-electron chi connectivity index (χ0n) is 11.2. The second-order valence-electron chi connectivity index (χ2n) is 4.28. The lowest BCUT2D eigenvalue weighted by Crippen LogP contribution is -2.06. The number of methoxy groups -OCH3 is 1. The predicted octanol–water partition coefficient (Wildman–Crippen LogP) is 2.42. The summed E-state index contributed by atoms with van der Waals surface area (Å²) in [6, 6.07) is 11.8. The molecule has 20 heavy (non-hydrogen) atoms. The molecule has 3 rings (SSSR count). The third-order valence-electron chi connectivity index (χ3n) is 2.98. The van der Waals surface area contributed by atoms with Gasteiger partial charge in [-0.1, -0.05) is 30.3 Å². The SMILES string of the molecule is COCCOc1ccnn2c(-c3ccccc3)cnc12. The van der Waals surface area contributed by atoms with E-state index in [1.54, 1.807) is 24.0 Å². The highest BCUT2D eigenvalue weighted by Crippen LogP contribution is 2.24. The van der Waals surface area contributed by atoms with Crippen molar-refractivity contribution in [2.45, 2.75) is 0 Å². The minimum atomic E-state index is 0.490. The maximum atomic E-state index is 5.66. The highest BCUT2D eigenvalue weighted by molar-refractivity contribution is 5.65. The highest BCUT2D eigenvalue weighted by atomic mass is 16.5. The summed E-state index contributed by atoms with van der Waals surface area (Å²) in [4.78, 5) is 4.41. The van der Waals surface area contributed by atoms with E-state index < -0.39 is 0 Å². The molecule has 0 amide bonds. The van der Waals surface area contributed by atoms with E-state index in [1.807, 2.05) is 36.4 Å². The van der Waals surface area contributed by atoms with Gasteiger partial charge in [0.2, 0.25) is 0 Å². The zero-order chi connectivity index (χ0) is 13.8. The van der Waals surface area contributed by atoms with Crippen molar-refractivity contribution in [3.63, 3.8) is 0 Å². The van der Waals surface area contributed by atoms with Gasteiger partial charge in [-0.05, 0) is 0 Å². The number of fused-ring (bicyclic) bond motifs is 1. The summed E-state index contributed by atoms with van der Waals surface area (Å²) in [6.45, 7) is 1.03. The molecule has 0 saturated carbocycles. The first-order valence-corrected chi connectivity index (χ1v) is 6.40. The quantitative estimate of drug-likeness (QED) is 0.667. The average molecular weight is 269 g/mol. The summed E-state index contributed by atoms with van der Waals surface area (Å²) in [6.07, 6.45) is 3.52. The second kappa shape index (κ2) is 5.71. The van der Waals surface area contributed by atoms with Crippen LogP contribution in [0, 0.1) is 0 Å². The van der Waals surface area contributed by atoms with Gasteiger partial charge in [0.15, 0.2) is 11.4 Å². The first kappa shape index (κ1) is 12.6. The number of benzene rings is 1. The Bertz CT molecular complexity index is 695. The molecule has 3 aromatic rings. The summed E-state index contributed by atoms with van der Waals surface area (Å²) < 4.78 is 12.4. The van der Waals surface area contributed by atoms with E-state index in [0.717, 1.165) is 11.3 Å². The Morgan fingerprint density at radius 1 is 1.10 bits per heavy atom. The average Bonchev–Trinajstić information content (AvgIpc) is 2.93. The van der Waals surface area contributed by atoms with Crippen LogP contribution in [0.1, 0.15) is 0 Å². The summed E-state index contributed by atoms with van der Waals surface area (Å²) in [5.41, 5.74) is 2.72. The number of ether oxygens (including phenoxy) is 2. The smallest absolute Gasteiger partial charge is 0.196 e. The molecule has 0 saturated heterocycles. The first-order chi connectivity index (χ1) is 9.90. The van der Waals surface area contributed by atoms with Crippen LogP contribution in [-0.2, 0) is 4.74 Å². The van der Waals surface area contributed by atoms with Gasteiger partial charge in [-0.2, -0.15) is 5.10 Å². The lowest BCUT2D eigenvalue weighted by Gasteiger charge is -2.06. The summed E-state index contributed by atoms with van der Waals surface area (Å²) in [5, 5.41) is 4.35. The molecule has 0 atom stereocenters. The van der Waals surface area contributed by atoms with Crippen molar-refractivity contribution in [2.75, 3.05) is 20.3 Å². The molecule has 2 heterocycles. The largest absolute Gasteiger partial charge is 0.487 e. The molecule has 102 valence electrons. The molecule has 0 N–H and O–H groups in total. The van der Waals surface area contributed by atoms with Gasteiger partial charge in [0.1, 0.15) is 6.61 Å². The predicted molar refractivity (Wildman–Crippen MR) is 75.8 cm³/mol. The number of hydrogen-bond acceptors (Lipinski definition) is 4. The number of hydrogen-bond donors (Lipinski definition) is 0. The third-order valence-corrected chi connectivity index (χ3v) is 2.98. The molecule has 0 bridgehead atoms.